The first-order valence-electron chi connectivity index (χ1n) is 15.8. The Bertz CT molecular complexity index is 1850. The van der Waals surface area contributed by atoms with Gasteiger partial charge in [0.15, 0.2) is 0 Å². The number of carbonyl (C=O) groups excluding carboxylic acids is 5. The summed E-state index contributed by atoms with van der Waals surface area (Å²) in [4.78, 5) is 62.9. The van der Waals surface area contributed by atoms with Crippen molar-refractivity contribution < 1.29 is 29.2 Å². The Morgan fingerprint density at radius 1 is 0.872 bits per heavy atom. The number of amides is 5. The zero-order valence-corrected chi connectivity index (χ0v) is 25.8. The van der Waals surface area contributed by atoms with E-state index in [1.165, 1.54) is 0 Å². The number of nitrogens with one attached hydrogen (secondary N) is 4. The van der Waals surface area contributed by atoms with Gasteiger partial charge in [-0.15, -0.1) is 0 Å². The summed E-state index contributed by atoms with van der Waals surface area (Å²) >= 11 is 0. The van der Waals surface area contributed by atoms with Crippen molar-refractivity contribution in [1.29, 1.82) is 0 Å². The van der Waals surface area contributed by atoms with E-state index in [9.17, 15) is 24.0 Å². The molecule has 0 radical (unpaired) electrons. The van der Waals surface area contributed by atoms with E-state index in [0.717, 1.165) is 59.3 Å². The van der Waals surface area contributed by atoms with Crippen LogP contribution in [0.1, 0.15) is 75.2 Å². The summed E-state index contributed by atoms with van der Waals surface area (Å²) in [6.07, 6.45) is 6.09. The molecule has 2 aliphatic rings. The Balaban J connectivity index is 0.920. The van der Waals surface area contributed by atoms with Crippen molar-refractivity contribution in [3.05, 3.63) is 95.2 Å². The molecule has 0 spiro atoms. The number of fused-ring (bicyclic) bond motifs is 2. The van der Waals surface area contributed by atoms with Gasteiger partial charge in [0, 0.05) is 54.7 Å². The molecule has 0 saturated carbocycles. The van der Waals surface area contributed by atoms with Crippen LogP contribution in [0.25, 0.3) is 10.9 Å². The number of piperidine rings is 1. The van der Waals surface area contributed by atoms with Gasteiger partial charge in [-0.2, -0.15) is 0 Å². The average molecular weight is 637 g/mol. The molecule has 5 amide bonds. The van der Waals surface area contributed by atoms with Crippen molar-refractivity contribution >= 4 is 51.8 Å². The van der Waals surface area contributed by atoms with Crippen LogP contribution in [0.2, 0.25) is 0 Å². The molecule has 12 heteroatoms. The smallest absolute Gasteiger partial charge is 0.274 e. The molecule has 1 aromatic heterocycles. The van der Waals surface area contributed by atoms with Gasteiger partial charge in [-0.05, 0) is 72.7 Å². The zero-order chi connectivity index (χ0) is 32.9. The average Bonchev–Trinajstić information content (AvgIpc) is 3.59. The number of imide groups is 2. The number of rotatable bonds is 13. The molecule has 3 heterocycles. The van der Waals surface area contributed by atoms with Gasteiger partial charge in [-0.25, -0.2) is 5.48 Å². The maximum Gasteiger partial charge on any atom is 0.274 e. The monoisotopic (exact) mass is 636 g/mol. The van der Waals surface area contributed by atoms with Gasteiger partial charge in [0.2, 0.25) is 11.8 Å². The standard InChI is InChI=1S/C35H36N6O6/c42-30-15-14-28(33(44)38-30)41-34(45)26-6-5-7-27(31(26)35(41)46)37-18-4-2-1-3-17-36-25-12-8-22(9-13-25)21-40-19-16-23-10-11-24(20-29(23)40)32(43)39-47/h5-13,16,19-20,28,36-37,47H,1-4,14-15,17-18,21H2,(H,39,43)(H,38,42,44). The van der Waals surface area contributed by atoms with E-state index >= 15 is 0 Å². The third-order valence-corrected chi connectivity index (χ3v) is 8.66. The molecule has 242 valence electrons. The molecule has 47 heavy (non-hydrogen) atoms. The molecule has 0 aliphatic carbocycles. The van der Waals surface area contributed by atoms with Crippen molar-refractivity contribution in [2.24, 2.45) is 0 Å². The highest BCUT2D eigenvalue weighted by Crippen LogP contribution is 2.32. The Morgan fingerprint density at radius 2 is 1.64 bits per heavy atom. The van der Waals surface area contributed by atoms with E-state index in [-0.39, 0.29) is 24.0 Å². The Labute approximate surface area is 271 Å². The van der Waals surface area contributed by atoms with Crippen LogP contribution in [0.15, 0.2) is 72.9 Å². The molecule has 2 aliphatic heterocycles. The van der Waals surface area contributed by atoms with Crippen LogP contribution in [-0.2, 0) is 16.1 Å². The van der Waals surface area contributed by atoms with Crippen LogP contribution in [-0.4, -0.2) is 63.3 Å². The minimum atomic E-state index is -0.982. The van der Waals surface area contributed by atoms with E-state index in [4.69, 9.17) is 5.21 Å². The second kappa shape index (κ2) is 13.9. The van der Waals surface area contributed by atoms with Crippen molar-refractivity contribution in [2.75, 3.05) is 23.7 Å². The summed E-state index contributed by atoms with van der Waals surface area (Å²) in [6, 6.07) is 19.7. The van der Waals surface area contributed by atoms with Crippen molar-refractivity contribution in [2.45, 2.75) is 51.1 Å². The van der Waals surface area contributed by atoms with Gasteiger partial charge in [-0.1, -0.05) is 37.1 Å². The number of unbranched alkanes of at least 4 members (excludes halogenated alkanes) is 3. The molecule has 1 atom stereocenters. The lowest BCUT2D eigenvalue weighted by Crippen LogP contribution is -2.54. The van der Waals surface area contributed by atoms with E-state index in [2.05, 4.69) is 44.8 Å². The van der Waals surface area contributed by atoms with Crippen LogP contribution in [0.5, 0.6) is 0 Å². The van der Waals surface area contributed by atoms with Crippen molar-refractivity contribution in [3.63, 3.8) is 0 Å². The summed E-state index contributed by atoms with van der Waals surface area (Å²) in [6.45, 7) is 2.12. The molecule has 4 aromatic rings. The van der Waals surface area contributed by atoms with E-state index < -0.39 is 35.6 Å². The first-order chi connectivity index (χ1) is 22.8. The van der Waals surface area contributed by atoms with Crippen LogP contribution in [0.4, 0.5) is 11.4 Å². The molecule has 12 nitrogen and oxygen atoms in total. The molecular weight excluding hydrogens is 600 g/mol. The third-order valence-electron chi connectivity index (χ3n) is 8.66. The topological polar surface area (TPSA) is 162 Å². The molecule has 1 fully saturated rings. The number of carbonyl (C=O) groups is 5. The van der Waals surface area contributed by atoms with Crippen molar-refractivity contribution in [3.8, 4) is 0 Å². The second-order valence-corrected chi connectivity index (χ2v) is 11.8. The first-order valence-corrected chi connectivity index (χ1v) is 15.8. The predicted molar refractivity (Wildman–Crippen MR) is 175 cm³/mol. The minimum Gasteiger partial charge on any atom is -0.385 e. The van der Waals surface area contributed by atoms with Crippen LogP contribution < -0.4 is 21.4 Å². The zero-order valence-electron chi connectivity index (χ0n) is 25.8. The fourth-order valence-electron chi connectivity index (χ4n) is 6.17. The fraction of sp³-hybridized carbons (Fsp3) is 0.286. The normalized spacial score (nSPS) is 15.9. The number of nitrogens with zero attached hydrogens (tertiary/aromatic N) is 2. The molecule has 0 bridgehead atoms. The number of benzene rings is 3. The van der Waals surface area contributed by atoms with Crippen molar-refractivity contribution in [1.82, 2.24) is 20.3 Å². The summed E-state index contributed by atoms with van der Waals surface area (Å²) in [5, 5.41) is 18.9. The van der Waals surface area contributed by atoms with Gasteiger partial charge in [0.25, 0.3) is 17.7 Å². The molecule has 1 saturated heterocycles. The molecule has 6 rings (SSSR count). The van der Waals surface area contributed by atoms with Crippen LogP contribution in [0.3, 0.4) is 0 Å². The highest BCUT2D eigenvalue weighted by Gasteiger charge is 2.45. The maximum absolute atomic E-state index is 13.2. The second-order valence-electron chi connectivity index (χ2n) is 11.8. The maximum atomic E-state index is 13.2. The SMILES string of the molecule is O=C1CCC(N2C(=O)c3cccc(NCCCCCCNc4ccc(Cn5ccc6ccc(C(=O)NO)cc65)cc4)c3C2=O)C(=O)N1. The van der Waals surface area contributed by atoms with E-state index in [1.54, 1.807) is 35.8 Å². The summed E-state index contributed by atoms with van der Waals surface area (Å²) in [5.41, 5.74) is 6.27. The summed E-state index contributed by atoms with van der Waals surface area (Å²) in [5.74, 6) is -2.58. The molecular formula is C35H36N6O6. The number of hydrogen-bond donors (Lipinski definition) is 5. The van der Waals surface area contributed by atoms with Crippen LogP contribution >= 0.6 is 0 Å². The van der Waals surface area contributed by atoms with Gasteiger partial charge in [0.05, 0.1) is 11.1 Å². The van der Waals surface area contributed by atoms with Gasteiger partial charge in [0.1, 0.15) is 6.04 Å². The number of hydroxylamine groups is 1. The largest absolute Gasteiger partial charge is 0.385 e. The number of anilines is 2. The minimum absolute atomic E-state index is 0.0851. The highest BCUT2D eigenvalue weighted by molar-refractivity contribution is 6.25. The predicted octanol–water partition coefficient (Wildman–Crippen LogP) is 4.29. The molecule has 5 N–H and O–H groups in total. The molecule has 3 aromatic carbocycles. The van der Waals surface area contributed by atoms with Gasteiger partial charge >= 0.3 is 0 Å². The number of hydrogen-bond acceptors (Lipinski definition) is 8. The quantitative estimate of drug-likeness (QED) is 0.0628. The lowest BCUT2D eigenvalue weighted by molar-refractivity contribution is -0.136. The first kappa shape index (κ1) is 31.5. The highest BCUT2D eigenvalue weighted by atomic mass is 16.5. The fourth-order valence-corrected chi connectivity index (χ4v) is 6.17. The third kappa shape index (κ3) is 6.73. The lowest BCUT2D eigenvalue weighted by atomic mass is 10.0. The Morgan fingerprint density at radius 3 is 2.38 bits per heavy atom. The lowest BCUT2D eigenvalue weighted by Gasteiger charge is -2.27. The Hall–Kier alpha value is -5.49. The van der Waals surface area contributed by atoms with E-state index in [0.29, 0.717) is 24.3 Å². The van der Waals surface area contributed by atoms with E-state index in [1.807, 2.05) is 18.3 Å². The summed E-state index contributed by atoms with van der Waals surface area (Å²) in [7, 11) is 0. The van der Waals surface area contributed by atoms with Gasteiger partial charge in [-0.3, -0.25) is 39.4 Å². The molecule has 1 unspecified atom stereocenters. The Kier molecular flexibility index (Phi) is 9.30. The number of aromatic nitrogens is 1. The summed E-state index contributed by atoms with van der Waals surface area (Å²) < 4.78 is 2.07. The van der Waals surface area contributed by atoms with Gasteiger partial charge < -0.3 is 15.2 Å². The van der Waals surface area contributed by atoms with Crippen LogP contribution in [0, 0.1) is 0 Å².